The SMILES string of the molecule is CSCC[C@@H](N)C(=O)N(CC(=O)O)C1CCCC1. The lowest BCUT2D eigenvalue weighted by molar-refractivity contribution is -0.146. The van der Waals surface area contributed by atoms with E-state index < -0.39 is 12.0 Å². The molecule has 0 aromatic carbocycles. The molecule has 1 saturated carbocycles. The van der Waals surface area contributed by atoms with Gasteiger partial charge >= 0.3 is 5.97 Å². The number of carboxylic acid groups (broad SMARTS) is 1. The van der Waals surface area contributed by atoms with E-state index in [1.54, 1.807) is 11.8 Å². The summed E-state index contributed by atoms with van der Waals surface area (Å²) in [6, 6.07) is -0.508. The number of hydrogen-bond donors (Lipinski definition) is 2. The monoisotopic (exact) mass is 274 g/mol. The molecule has 1 aliphatic carbocycles. The summed E-state index contributed by atoms with van der Waals surface area (Å²) in [6.45, 7) is -0.226. The average molecular weight is 274 g/mol. The normalized spacial score (nSPS) is 17.7. The molecule has 0 aromatic rings. The first-order chi connectivity index (χ1) is 8.56. The highest BCUT2D eigenvalue weighted by Crippen LogP contribution is 2.24. The van der Waals surface area contributed by atoms with E-state index in [1.165, 1.54) is 4.90 Å². The van der Waals surface area contributed by atoms with Gasteiger partial charge in [0.2, 0.25) is 5.91 Å². The zero-order chi connectivity index (χ0) is 13.5. The highest BCUT2D eigenvalue weighted by molar-refractivity contribution is 7.98. The third-order valence-electron chi connectivity index (χ3n) is 3.30. The second-order valence-corrected chi connectivity index (χ2v) is 5.67. The molecule has 1 amide bonds. The van der Waals surface area contributed by atoms with E-state index in [-0.39, 0.29) is 18.5 Å². The van der Waals surface area contributed by atoms with Crippen LogP contribution in [0.4, 0.5) is 0 Å². The van der Waals surface area contributed by atoms with E-state index in [4.69, 9.17) is 10.8 Å². The quantitative estimate of drug-likeness (QED) is 0.721. The van der Waals surface area contributed by atoms with E-state index in [0.29, 0.717) is 6.42 Å². The number of hydrogen-bond acceptors (Lipinski definition) is 4. The summed E-state index contributed by atoms with van der Waals surface area (Å²) in [7, 11) is 0. The van der Waals surface area contributed by atoms with Crippen LogP contribution in [0.2, 0.25) is 0 Å². The fourth-order valence-corrected chi connectivity index (χ4v) is 2.82. The molecule has 1 rings (SSSR count). The Kier molecular flexibility index (Phi) is 6.49. The molecule has 0 saturated heterocycles. The first-order valence-electron chi connectivity index (χ1n) is 6.33. The van der Waals surface area contributed by atoms with Crippen molar-refractivity contribution in [2.45, 2.75) is 44.2 Å². The van der Waals surface area contributed by atoms with Crippen molar-refractivity contribution in [1.82, 2.24) is 4.90 Å². The van der Waals surface area contributed by atoms with Crippen molar-refractivity contribution >= 4 is 23.6 Å². The molecule has 3 N–H and O–H groups in total. The molecule has 0 aliphatic heterocycles. The van der Waals surface area contributed by atoms with Crippen LogP contribution in [0.3, 0.4) is 0 Å². The number of thioether (sulfide) groups is 1. The number of nitrogens with zero attached hydrogens (tertiary/aromatic N) is 1. The maximum absolute atomic E-state index is 12.2. The molecular formula is C12H22N2O3S. The van der Waals surface area contributed by atoms with E-state index in [0.717, 1.165) is 31.4 Å². The second kappa shape index (κ2) is 7.63. The number of aliphatic carboxylic acids is 1. The Bertz CT molecular complexity index is 293. The minimum atomic E-state index is -0.965. The van der Waals surface area contributed by atoms with Gasteiger partial charge in [-0.05, 0) is 31.3 Å². The fourth-order valence-electron chi connectivity index (χ4n) is 2.33. The molecule has 0 spiro atoms. The summed E-state index contributed by atoms with van der Waals surface area (Å²) in [4.78, 5) is 24.5. The number of carbonyl (C=O) groups excluding carboxylic acids is 1. The van der Waals surface area contributed by atoms with Gasteiger partial charge in [0.05, 0.1) is 6.04 Å². The molecule has 104 valence electrons. The van der Waals surface area contributed by atoms with Gasteiger partial charge in [-0.25, -0.2) is 0 Å². The van der Waals surface area contributed by atoms with Crippen molar-refractivity contribution in [3.05, 3.63) is 0 Å². The van der Waals surface area contributed by atoms with E-state index in [9.17, 15) is 9.59 Å². The smallest absolute Gasteiger partial charge is 0.323 e. The van der Waals surface area contributed by atoms with Gasteiger partial charge < -0.3 is 15.7 Å². The van der Waals surface area contributed by atoms with Gasteiger partial charge in [0, 0.05) is 6.04 Å². The first-order valence-corrected chi connectivity index (χ1v) is 7.72. The lowest BCUT2D eigenvalue weighted by Crippen LogP contribution is -2.50. The Morgan fingerprint density at radius 2 is 2.06 bits per heavy atom. The van der Waals surface area contributed by atoms with Gasteiger partial charge in [-0.15, -0.1) is 0 Å². The summed E-state index contributed by atoms with van der Waals surface area (Å²) in [5.74, 6) is -0.357. The zero-order valence-electron chi connectivity index (χ0n) is 10.8. The van der Waals surface area contributed by atoms with Crippen molar-refractivity contribution in [1.29, 1.82) is 0 Å². The molecule has 1 fully saturated rings. The van der Waals surface area contributed by atoms with Crippen molar-refractivity contribution in [3.8, 4) is 0 Å². The lowest BCUT2D eigenvalue weighted by atomic mass is 10.1. The van der Waals surface area contributed by atoms with Crippen molar-refractivity contribution in [2.75, 3.05) is 18.6 Å². The Hall–Kier alpha value is -0.750. The molecule has 1 aliphatic rings. The molecule has 0 unspecified atom stereocenters. The first kappa shape index (κ1) is 15.3. The largest absolute Gasteiger partial charge is 0.480 e. The molecule has 0 aromatic heterocycles. The molecule has 1 atom stereocenters. The number of carboxylic acids is 1. The van der Waals surface area contributed by atoms with E-state index >= 15 is 0 Å². The van der Waals surface area contributed by atoms with Gasteiger partial charge in [-0.1, -0.05) is 12.8 Å². The summed E-state index contributed by atoms with van der Waals surface area (Å²) < 4.78 is 0. The van der Waals surface area contributed by atoms with Crippen LogP contribution in [0.25, 0.3) is 0 Å². The maximum Gasteiger partial charge on any atom is 0.323 e. The van der Waals surface area contributed by atoms with E-state index in [2.05, 4.69) is 0 Å². The molecule has 0 bridgehead atoms. The Balaban J connectivity index is 2.62. The van der Waals surface area contributed by atoms with Crippen LogP contribution >= 0.6 is 11.8 Å². The second-order valence-electron chi connectivity index (χ2n) is 4.69. The summed E-state index contributed by atoms with van der Waals surface area (Å²) >= 11 is 1.64. The predicted molar refractivity (Wildman–Crippen MR) is 72.6 cm³/mol. The number of carbonyl (C=O) groups is 2. The highest BCUT2D eigenvalue weighted by Gasteiger charge is 2.30. The van der Waals surface area contributed by atoms with E-state index in [1.807, 2.05) is 6.26 Å². The number of rotatable bonds is 7. The summed E-state index contributed by atoms with van der Waals surface area (Å²) in [5.41, 5.74) is 5.85. The van der Waals surface area contributed by atoms with Crippen LogP contribution in [-0.4, -0.2) is 52.5 Å². The summed E-state index contributed by atoms with van der Waals surface area (Å²) in [6.07, 6.45) is 6.48. The van der Waals surface area contributed by atoms with Gasteiger partial charge in [-0.2, -0.15) is 11.8 Å². The molecular weight excluding hydrogens is 252 g/mol. The molecule has 18 heavy (non-hydrogen) atoms. The fraction of sp³-hybridized carbons (Fsp3) is 0.833. The third kappa shape index (κ3) is 4.49. The Morgan fingerprint density at radius 1 is 1.44 bits per heavy atom. The standard InChI is InChI=1S/C12H22N2O3S/c1-18-7-6-10(13)12(17)14(8-11(15)16)9-4-2-3-5-9/h9-10H,2-8,13H2,1H3,(H,15,16)/t10-/m1/s1. The summed E-state index contributed by atoms with van der Waals surface area (Å²) in [5, 5.41) is 8.91. The van der Waals surface area contributed by atoms with Gasteiger partial charge in [0.25, 0.3) is 0 Å². The number of nitrogens with two attached hydrogens (primary N) is 1. The molecule has 6 heteroatoms. The van der Waals surface area contributed by atoms with Crippen molar-refractivity contribution in [2.24, 2.45) is 5.73 Å². The zero-order valence-corrected chi connectivity index (χ0v) is 11.6. The average Bonchev–Trinajstić information content (AvgIpc) is 2.85. The van der Waals surface area contributed by atoms with Crippen molar-refractivity contribution in [3.63, 3.8) is 0 Å². The minimum absolute atomic E-state index is 0.0638. The lowest BCUT2D eigenvalue weighted by Gasteiger charge is -2.29. The predicted octanol–water partition coefficient (Wildman–Crippen LogP) is 0.923. The topological polar surface area (TPSA) is 83.6 Å². The number of amides is 1. The molecule has 5 nitrogen and oxygen atoms in total. The van der Waals surface area contributed by atoms with Crippen LogP contribution in [0.5, 0.6) is 0 Å². The van der Waals surface area contributed by atoms with Crippen LogP contribution in [0.15, 0.2) is 0 Å². The van der Waals surface area contributed by atoms with Crippen LogP contribution in [-0.2, 0) is 9.59 Å². The Morgan fingerprint density at radius 3 is 2.56 bits per heavy atom. The maximum atomic E-state index is 12.2. The highest BCUT2D eigenvalue weighted by atomic mass is 32.2. The van der Waals surface area contributed by atoms with Gasteiger partial charge in [-0.3, -0.25) is 9.59 Å². The molecule has 0 heterocycles. The minimum Gasteiger partial charge on any atom is -0.480 e. The van der Waals surface area contributed by atoms with Crippen LogP contribution in [0, 0.1) is 0 Å². The Labute approximate surface area is 112 Å². The van der Waals surface area contributed by atoms with Gasteiger partial charge in [0.15, 0.2) is 0 Å². The van der Waals surface area contributed by atoms with Crippen LogP contribution in [0.1, 0.15) is 32.1 Å². The molecule has 0 radical (unpaired) electrons. The van der Waals surface area contributed by atoms with Crippen molar-refractivity contribution < 1.29 is 14.7 Å². The van der Waals surface area contributed by atoms with Crippen LogP contribution < -0.4 is 5.73 Å². The van der Waals surface area contributed by atoms with Gasteiger partial charge in [0.1, 0.15) is 6.54 Å². The third-order valence-corrected chi connectivity index (χ3v) is 3.95.